The van der Waals surface area contributed by atoms with Crippen LogP contribution in [0.3, 0.4) is 0 Å². The van der Waals surface area contributed by atoms with Crippen LogP contribution in [0.2, 0.25) is 5.02 Å². The summed E-state index contributed by atoms with van der Waals surface area (Å²) in [6, 6.07) is 14.9. The smallest absolute Gasteiger partial charge is 0.234 e. The van der Waals surface area contributed by atoms with Crippen molar-refractivity contribution in [1.29, 1.82) is 0 Å². The number of benzene rings is 2. The summed E-state index contributed by atoms with van der Waals surface area (Å²) in [7, 11) is 0. The van der Waals surface area contributed by atoms with Crippen molar-refractivity contribution in [3.05, 3.63) is 77.6 Å². The van der Waals surface area contributed by atoms with E-state index in [1.54, 1.807) is 24.3 Å². The second kappa shape index (κ2) is 12.4. The molecule has 7 nitrogen and oxygen atoms in total. The number of amides is 2. The molecular formula is C25H28ClN5O2S. The fourth-order valence-corrected chi connectivity index (χ4v) is 4.30. The number of rotatable bonds is 11. The molecule has 0 spiro atoms. The molecule has 0 saturated heterocycles. The Balaban J connectivity index is 1.59. The van der Waals surface area contributed by atoms with Gasteiger partial charge in [0.05, 0.1) is 16.5 Å². The summed E-state index contributed by atoms with van der Waals surface area (Å²) in [5, 5.41) is 15.4. The Morgan fingerprint density at radius 3 is 2.44 bits per heavy atom. The number of allylic oxidation sites excluding steroid dienone is 1. The summed E-state index contributed by atoms with van der Waals surface area (Å²) in [5.74, 6) is 0.861. The zero-order valence-electron chi connectivity index (χ0n) is 19.3. The number of nitrogens with one attached hydrogen (secondary N) is 2. The van der Waals surface area contributed by atoms with Gasteiger partial charge in [-0.25, -0.2) is 0 Å². The molecule has 178 valence electrons. The lowest BCUT2D eigenvalue weighted by Gasteiger charge is -2.13. The van der Waals surface area contributed by atoms with E-state index < -0.39 is 0 Å². The lowest BCUT2D eigenvalue weighted by molar-refractivity contribution is -0.116. The molecule has 2 aromatic carbocycles. The van der Waals surface area contributed by atoms with E-state index in [-0.39, 0.29) is 24.0 Å². The maximum atomic E-state index is 12.6. The number of aryl methyl sites for hydroxylation is 1. The van der Waals surface area contributed by atoms with Crippen LogP contribution in [0.15, 0.2) is 66.3 Å². The van der Waals surface area contributed by atoms with Crippen LogP contribution in [0.25, 0.3) is 0 Å². The predicted octanol–water partition coefficient (Wildman–Crippen LogP) is 5.54. The Labute approximate surface area is 209 Å². The molecule has 0 saturated carbocycles. The van der Waals surface area contributed by atoms with Gasteiger partial charge in [-0.1, -0.05) is 73.6 Å². The summed E-state index contributed by atoms with van der Waals surface area (Å²) < 4.78 is 1.87. The third-order valence-corrected chi connectivity index (χ3v) is 6.31. The third kappa shape index (κ3) is 6.95. The van der Waals surface area contributed by atoms with Gasteiger partial charge in [0.2, 0.25) is 11.8 Å². The molecule has 1 heterocycles. The zero-order valence-corrected chi connectivity index (χ0v) is 20.8. The zero-order chi connectivity index (χ0) is 24.5. The molecule has 0 radical (unpaired) electrons. The van der Waals surface area contributed by atoms with Crippen LogP contribution in [0.5, 0.6) is 0 Å². The lowest BCUT2D eigenvalue weighted by atomic mass is 10.0. The quantitative estimate of drug-likeness (QED) is 0.268. The highest BCUT2D eigenvalue weighted by molar-refractivity contribution is 7.99. The number of hydrogen-bond donors (Lipinski definition) is 2. The normalized spacial score (nSPS) is 10.8. The third-order valence-electron chi connectivity index (χ3n) is 5.02. The van der Waals surface area contributed by atoms with E-state index in [1.165, 1.54) is 11.8 Å². The molecule has 1 aromatic heterocycles. The first kappa shape index (κ1) is 25.5. The van der Waals surface area contributed by atoms with Crippen LogP contribution in [0.1, 0.15) is 37.6 Å². The number of para-hydroxylation sites is 2. The molecule has 3 rings (SSSR count). The van der Waals surface area contributed by atoms with Crippen LogP contribution in [-0.2, 0) is 22.6 Å². The van der Waals surface area contributed by atoms with Gasteiger partial charge in [0.15, 0.2) is 5.16 Å². The molecule has 0 unspecified atom stereocenters. The monoisotopic (exact) mass is 497 g/mol. The number of aromatic nitrogens is 3. The molecule has 2 N–H and O–H groups in total. The summed E-state index contributed by atoms with van der Waals surface area (Å²) in [5.41, 5.74) is 2.48. The lowest BCUT2D eigenvalue weighted by Crippen LogP contribution is -2.16. The van der Waals surface area contributed by atoms with Gasteiger partial charge in [-0.05, 0) is 29.7 Å². The van der Waals surface area contributed by atoms with Gasteiger partial charge in [0.1, 0.15) is 5.82 Å². The second-order valence-electron chi connectivity index (χ2n) is 7.90. The van der Waals surface area contributed by atoms with Crippen LogP contribution in [0, 0.1) is 0 Å². The molecule has 0 aliphatic rings. The number of nitrogens with zero attached hydrogens (tertiary/aromatic N) is 3. The Kier molecular flexibility index (Phi) is 9.30. The van der Waals surface area contributed by atoms with Crippen molar-refractivity contribution in [3.63, 3.8) is 0 Å². The first-order chi connectivity index (χ1) is 16.4. The summed E-state index contributed by atoms with van der Waals surface area (Å²) in [6.07, 6.45) is 2.35. The van der Waals surface area contributed by atoms with Gasteiger partial charge < -0.3 is 15.2 Å². The molecule has 2 amide bonds. The first-order valence-corrected chi connectivity index (χ1v) is 12.3. The van der Waals surface area contributed by atoms with Crippen molar-refractivity contribution in [2.24, 2.45) is 0 Å². The topological polar surface area (TPSA) is 88.9 Å². The van der Waals surface area contributed by atoms with Gasteiger partial charge in [0.25, 0.3) is 0 Å². The van der Waals surface area contributed by atoms with Crippen molar-refractivity contribution in [2.75, 3.05) is 16.4 Å². The van der Waals surface area contributed by atoms with Gasteiger partial charge in [-0.15, -0.1) is 16.8 Å². The summed E-state index contributed by atoms with van der Waals surface area (Å²) in [6.45, 7) is 8.46. The largest absolute Gasteiger partial charge is 0.325 e. The molecule has 9 heteroatoms. The molecule has 0 bridgehead atoms. The van der Waals surface area contributed by atoms with Crippen molar-refractivity contribution >= 4 is 46.6 Å². The number of thioether (sulfide) groups is 1. The molecule has 0 fully saturated rings. The van der Waals surface area contributed by atoms with E-state index in [9.17, 15) is 9.59 Å². The van der Waals surface area contributed by atoms with Crippen LogP contribution < -0.4 is 10.6 Å². The summed E-state index contributed by atoms with van der Waals surface area (Å²) >= 11 is 7.40. The molecule has 3 aromatic rings. The predicted molar refractivity (Wildman–Crippen MR) is 139 cm³/mol. The highest BCUT2D eigenvalue weighted by Gasteiger charge is 2.16. The fraction of sp³-hybridized carbons (Fsp3) is 0.280. The standard InChI is InChI=1S/C25H28ClN5O2S/c1-4-15-31-22(13-14-23(32)28-21-12-8-6-10-19(21)26)29-30-25(31)34-16-24(33)27-20-11-7-5-9-18(20)17(2)3/h4-12,17H,1,13-16H2,2-3H3,(H,27,33)(H,28,32). The average Bonchev–Trinajstić information content (AvgIpc) is 3.20. The minimum absolute atomic E-state index is 0.119. The van der Waals surface area contributed by atoms with Gasteiger partial charge in [-0.2, -0.15) is 0 Å². The molecule has 0 atom stereocenters. The van der Waals surface area contributed by atoms with Crippen molar-refractivity contribution in [3.8, 4) is 0 Å². The Bertz CT molecular complexity index is 1160. The average molecular weight is 498 g/mol. The van der Waals surface area contributed by atoms with E-state index in [1.807, 2.05) is 34.9 Å². The fourth-order valence-electron chi connectivity index (χ4n) is 3.35. The number of hydrogen-bond acceptors (Lipinski definition) is 5. The Hall–Kier alpha value is -3.10. The first-order valence-electron chi connectivity index (χ1n) is 11.0. The molecule has 0 aliphatic heterocycles. The van der Waals surface area contributed by atoms with Crippen molar-refractivity contribution < 1.29 is 9.59 Å². The van der Waals surface area contributed by atoms with E-state index in [0.717, 1.165) is 11.3 Å². The van der Waals surface area contributed by atoms with Gasteiger partial charge >= 0.3 is 0 Å². The van der Waals surface area contributed by atoms with Crippen molar-refractivity contribution in [1.82, 2.24) is 14.8 Å². The van der Waals surface area contributed by atoms with E-state index >= 15 is 0 Å². The Morgan fingerprint density at radius 1 is 1.06 bits per heavy atom. The number of carbonyl (C=O) groups excluding carboxylic acids is 2. The molecular weight excluding hydrogens is 470 g/mol. The number of anilines is 2. The number of halogens is 1. The molecule has 34 heavy (non-hydrogen) atoms. The minimum atomic E-state index is -0.168. The van der Waals surface area contributed by atoms with Gasteiger partial charge in [-0.3, -0.25) is 9.59 Å². The maximum Gasteiger partial charge on any atom is 0.234 e. The summed E-state index contributed by atoms with van der Waals surface area (Å²) in [4.78, 5) is 25.0. The minimum Gasteiger partial charge on any atom is -0.325 e. The second-order valence-corrected chi connectivity index (χ2v) is 9.25. The Morgan fingerprint density at radius 2 is 1.74 bits per heavy atom. The SMILES string of the molecule is C=CCn1c(CCC(=O)Nc2ccccc2Cl)nnc1SCC(=O)Nc1ccccc1C(C)C. The van der Waals surface area contributed by atoms with Crippen molar-refractivity contribution in [2.45, 2.75) is 44.3 Å². The van der Waals surface area contributed by atoms with E-state index in [4.69, 9.17) is 11.6 Å². The highest BCUT2D eigenvalue weighted by atomic mass is 35.5. The van der Waals surface area contributed by atoms with E-state index in [0.29, 0.717) is 40.6 Å². The number of carbonyl (C=O) groups is 2. The van der Waals surface area contributed by atoms with Crippen LogP contribution in [0.4, 0.5) is 11.4 Å². The van der Waals surface area contributed by atoms with Gasteiger partial charge in [0, 0.05) is 25.1 Å². The van der Waals surface area contributed by atoms with Crippen LogP contribution in [-0.4, -0.2) is 32.3 Å². The van der Waals surface area contributed by atoms with Crippen LogP contribution >= 0.6 is 23.4 Å². The molecule has 0 aliphatic carbocycles. The highest BCUT2D eigenvalue weighted by Crippen LogP contribution is 2.25. The maximum absolute atomic E-state index is 12.6. The van der Waals surface area contributed by atoms with E-state index in [2.05, 4.69) is 41.3 Å².